The molecule has 2 fully saturated rings. The van der Waals surface area contributed by atoms with Gasteiger partial charge in [0.2, 0.25) is 5.91 Å². The Labute approximate surface area is 309 Å². The first-order valence-corrected chi connectivity index (χ1v) is 18.5. The number of benzene rings is 2. The lowest BCUT2D eigenvalue weighted by Crippen LogP contribution is -2.53. The van der Waals surface area contributed by atoms with E-state index in [0.717, 1.165) is 21.8 Å². The molecule has 270 valence electrons. The van der Waals surface area contributed by atoms with E-state index in [2.05, 4.69) is 15.0 Å². The van der Waals surface area contributed by atoms with Crippen molar-refractivity contribution < 1.29 is 19.1 Å². The number of carbonyl (C=O) groups is 2. The minimum atomic E-state index is -1.20. The second kappa shape index (κ2) is 14.1. The molecule has 2 atom stereocenters. The number of amides is 2. The minimum absolute atomic E-state index is 0.0161. The smallest absolute Gasteiger partial charge is 0.265 e. The maximum absolute atomic E-state index is 14.2. The number of hydrogen-bond donors (Lipinski definition) is 1. The third kappa shape index (κ3) is 6.89. The molecule has 0 unspecified atom stereocenters. The van der Waals surface area contributed by atoms with Gasteiger partial charge >= 0.3 is 0 Å². The number of likely N-dealkylation sites (tertiary alicyclic amines) is 2. The Morgan fingerprint density at radius 3 is 2.43 bits per heavy atom. The molecule has 6 heterocycles. The van der Waals surface area contributed by atoms with E-state index in [9.17, 15) is 23.9 Å². The monoisotopic (exact) mass is 731 g/mol. The number of thiazole rings is 1. The fraction of sp³-hybridized carbons (Fsp3) is 0.300. The predicted octanol–water partition coefficient (Wildman–Crippen LogP) is 5.45. The van der Waals surface area contributed by atoms with Gasteiger partial charge in [0.05, 0.1) is 23.7 Å². The first-order valence-electron chi connectivity index (χ1n) is 17.7. The fourth-order valence-electron chi connectivity index (χ4n) is 7.56. The van der Waals surface area contributed by atoms with Gasteiger partial charge in [-0.05, 0) is 74.2 Å². The van der Waals surface area contributed by atoms with Crippen molar-refractivity contribution >= 4 is 34.2 Å². The molecule has 4 aromatic heterocycles. The van der Waals surface area contributed by atoms with Gasteiger partial charge in [0, 0.05) is 67.4 Å². The maximum atomic E-state index is 14.2. The van der Waals surface area contributed by atoms with Crippen molar-refractivity contribution in [2.45, 2.75) is 44.2 Å². The molecule has 8 rings (SSSR count). The highest BCUT2D eigenvalue weighted by Gasteiger charge is 2.42. The number of pyridine rings is 1. The predicted molar refractivity (Wildman–Crippen MR) is 199 cm³/mol. The Balaban J connectivity index is 0.942. The van der Waals surface area contributed by atoms with Crippen molar-refractivity contribution in [1.82, 2.24) is 33.9 Å². The van der Waals surface area contributed by atoms with Crippen molar-refractivity contribution in [2.24, 2.45) is 5.92 Å². The summed E-state index contributed by atoms with van der Waals surface area (Å²) in [4.78, 5) is 59.0. The van der Waals surface area contributed by atoms with Crippen LogP contribution in [0.5, 0.6) is 0 Å². The van der Waals surface area contributed by atoms with Crippen LogP contribution in [0.15, 0.2) is 103 Å². The lowest BCUT2D eigenvalue weighted by Gasteiger charge is -2.43. The lowest BCUT2D eigenvalue weighted by atomic mass is 9.79. The third-order valence-electron chi connectivity index (χ3n) is 10.6. The van der Waals surface area contributed by atoms with E-state index in [-0.39, 0.29) is 41.6 Å². The van der Waals surface area contributed by atoms with Gasteiger partial charge in [0.1, 0.15) is 22.0 Å². The molecule has 0 spiro atoms. The number of carbonyl (C=O) groups excluding carboxylic acids is 2. The molecule has 1 N–H and O–H groups in total. The molecule has 53 heavy (non-hydrogen) atoms. The van der Waals surface area contributed by atoms with Crippen molar-refractivity contribution in [3.8, 4) is 16.3 Å². The Morgan fingerprint density at radius 2 is 1.70 bits per heavy atom. The van der Waals surface area contributed by atoms with Crippen molar-refractivity contribution in [1.29, 1.82) is 0 Å². The molecule has 2 aliphatic heterocycles. The van der Waals surface area contributed by atoms with E-state index < -0.39 is 5.60 Å². The van der Waals surface area contributed by atoms with Crippen LogP contribution in [0.2, 0.25) is 0 Å². The maximum Gasteiger partial charge on any atom is 0.265 e. The number of hydrogen-bond acceptors (Lipinski definition) is 8. The van der Waals surface area contributed by atoms with Crippen LogP contribution in [0, 0.1) is 18.7 Å². The summed E-state index contributed by atoms with van der Waals surface area (Å²) in [6, 6.07) is 21.4. The van der Waals surface area contributed by atoms with E-state index in [0.29, 0.717) is 67.0 Å². The average Bonchev–Trinajstić information content (AvgIpc) is 3.85. The third-order valence-corrected chi connectivity index (χ3v) is 11.6. The molecular weight excluding hydrogens is 694 g/mol. The van der Waals surface area contributed by atoms with Gasteiger partial charge in [-0.1, -0.05) is 30.3 Å². The first-order chi connectivity index (χ1) is 25.7. The van der Waals surface area contributed by atoms with Crippen molar-refractivity contribution in [3.05, 3.63) is 130 Å². The lowest BCUT2D eigenvalue weighted by molar-refractivity contribution is -0.142. The summed E-state index contributed by atoms with van der Waals surface area (Å²) in [6.07, 6.45) is 7.66. The zero-order valence-electron chi connectivity index (χ0n) is 29.1. The van der Waals surface area contributed by atoms with Gasteiger partial charge in [0.25, 0.3) is 11.5 Å². The molecule has 0 saturated carbocycles. The number of nitrogens with zero attached hydrogens (tertiary/aromatic N) is 7. The standard InChI is InChI=1S/C40H38FN7O4S/c1-26-7-8-28(21-42-26)36-43-22-34(53-36)39(51)46-17-13-31(33(23-46)27-5-3-2-4-6-27)37(49)45-19-15-40(52,16-20-45)24-47-25-44-35-32(38(47)50)14-18-48(35)30-11-9-29(41)10-12-30/h2-12,14,18,21-22,25,31,33,52H,13,15-17,19-20,23-24H2,1H3/t31-,33+/m1/s1. The highest BCUT2D eigenvalue weighted by atomic mass is 32.1. The summed E-state index contributed by atoms with van der Waals surface area (Å²) in [7, 11) is 0. The van der Waals surface area contributed by atoms with Crippen molar-refractivity contribution in [2.75, 3.05) is 26.2 Å². The van der Waals surface area contributed by atoms with Crippen LogP contribution in [-0.4, -0.2) is 82.6 Å². The van der Waals surface area contributed by atoms with E-state index in [4.69, 9.17) is 0 Å². The van der Waals surface area contributed by atoms with Gasteiger partial charge in [-0.3, -0.25) is 23.9 Å². The normalized spacial score (nSPS) is 18.7. The molecule has 2 aliphatic rings. The van der Waals surface area contributed by atoms with E-state index in [1.807, 2.05) is 59.2 Å². The summed E-state index contributed by atoms with van der Waals surface area (Å²) in [5, 5.41) is 12.8. The quantitative estimate of drug-likeness (QED) is 0.232. The topological polar surface area (TPSA) is 126 Å². The number of halogens is 1. The highest BCUT2D eigenvalue weighted by Crippen LogP contribution is 2.37. The summed E-state index contributed by atoms with van der Waals surface area (Å²) < 4.78 is 16.6. The van der Waals surface area contributed by atoms with E-state index in [1.54, 1.807) is 41.4 Å². The van der Waals surface area contributed by atoms with Gasteiger partial charge < -0.3 is 19.5 Å². The first kappa shape index (κ1) is 34.6. The minimum Gasteiger partial charge on any atom is -0.388 e. The molecule has 0 aliphatic carbocycles. The highest BCUT2D eigenvalue weighted by molar-refractivity contribution is 7.16. The summed E-state index contributed by atoms with van der Waals surface area (Å²) in [5.41, 5.74) is 2.42. The molecule has 2 amide bonds. The van der Waals surface area contributed by atoms with Crippen LogP contribution in [0.3, 0.4) is 0 Å². The Bertz CT molecular complexity index is 2330. The number of piperidine rings is 2. The molecule has 0 radical (unpaired) electrons. The summed E-state index contributed by atoms with van der Waals surface area (Å²) in [6.45, 7) is 3.50. The molecule has 2 saturated heterocycles. The van der Waals surface area contributed by atoms with E-state index >= 15 is 0 Å². The Kier molecular flexibility index (Phi) is 9.21. The molecule has 11 nitrogen and oxygen atoms in total. The summed E-state index contributed by atoms with van der Waals surface area (Å²) >= 11 is 1.34. The number of aliphatic hydroxyl groups is 1. The van der Waals surface area contributed by atoms with Crippen LogP contribution in [0.4, 0.5) is 4.39 Å². The Hall–Kier alpha value is -5.53. The van der Waals surface area contributed by atoms with Crippen LogP contribution in [0.25, 0.3) is 27.3 Å². The van der Waals surface area contributed by atoms with Gasteiger partial charge in [0.15, 0.2) is 5.65 Å². The van der Waals surface area contributed by atoms with Gasteiger partial charge in [-0.25, -0.2) is 14.4 Å². The van der Waals surface area contributed by atoms with Crippen LogP contribution >= 0.6 is 11.3 Å². The Morgan fingerprint density at radius 1 is 0.925 bits per heavy atom. The molecule has 13 heteroatoms. The number of aryl methyl sites for hydroxylation is 1. The van der Waals surface area contributed by atoms with Crippen LogP contribution in [-0.2, 0) is 11.3 Å². The summed E-state index contributed by atoms with van der Waals surface area (Å²) in [5.74, 6) is -0.966. The zero-order chi connectivity index (χ0) is 36.7. The number of aromatic nitrogens is 5. The second-order valence-electron chi connectivity index (χ2n) is 14.0. The van der Waals surface area contributed by atoms with Gasteiger partial charge in [-0.15, -0.1) is 11.3 Å². The van der Waals surface area contributed by atoms with Crippen molar-refractivity contribution in [3.63, 3.8) is 0 Å². The molecule has 0 bridgehead atoms. The fourth-order valence-corrected chi connectivity index (χ4v) is 8.43. The second-order valence-corrected chi connectivity index (χ2v) is 15.0. The van der Waals surface area contributed by atoms with Gasteiger partial charge in [-0.2, -0.15) is 0 Å². The van der Waals surface area contributed by atoms with E-state index in [1.165, 1.54) is 34.4 Å². The molecule has 6 aromatic rings. The van der Waals surface area contributed by atoms with Crippen LogP contribution in [0.1, 0.15) is 46.1 Å². The molecular formula is C40H38FN7O4S. The number of fused-ring (bicyclic) bond motifs is 1. The van der Waals surface area contributed by atoms with Crippen LogP contribution < -0.4 is 5.56 Å². The zero-order valence-corrected chi connectivity index (χ0v) is 30.0. The number of rotatable bonds is 7. The average molecular weight is 732 g/mol. The SMILES string of the molecule is Cc1ccc(-c2ncc(C(=O)N3CC[C@@H](C(=O)N4CCC(O)(Cn5cnc6c(ccn6-c6ccc(F)cc6)c5=O)CC4)[C@H](c4ccccc4)C3)s2)cn1. The molecule has 2 aromatic carbocycles. The largest absolute Gasteiger partial charge is 0.388 e.